The fourth-order valence-corrected chi connectivity index (χ4v) is 3.61. The first-order chi connectivity index (χ1) is 14.6. The van der Waals surface area contributed by atoms with Crippen LogP contribution in [0, 0.1) is 0 Å². The highest BCUT2D eigenvalue weighted by Crippen LogP contribution is 2.32. The zero-order valence-corrected chi connectivity index (χ0v) is 17.3. The van der Waals surface area contributed by atoms with Gasteiger partial charge in [0, 0.05) is 31.4 Å². The number of aromatic nitrogens is 2. The number of amides is 1. The van der Waals surface area contributed by atoms with Crippen molar-refractivity contribution < 1.29 is 9.53 Å². The summed E-state index contributed by atoms with van der Waals surface area (Å²) in [6, 6.07) is 17.9. The predicted molar refractivity (Wildman–Crippen MR) is 119 cm³/mol. The molecular formula is C24H26N4O2. The summed E-state index contributed by atoms with van der Waals surface area (Å²) in [6.07, 6.45) is 6.96. The first-order valence-corrected chi connectivity index (χ1v) is 10.2. The number of rotatable bonds is 6. The van der Waals surface area contributed by atoms with Crippen molar-refractivity contribution in [3.63, 3.8) is 0 Å². The van der Waals surface area contributed by atoms with E-state index in [-0.39, 0.29) is 12.0 Å². The smallest absolute Gasteiger partial charge is 0.246 e. The number of anilines is 1. The second kappa shape index (κ2) is 8.86. The second-order valence-electron chi connectivity index (χ2n) is 7.35. The minimum absolute atomic E-state index is 0.0621. The van der Waals surface area contributed by atoms with Crippen LogP contribution in [0.1, 0.15) is 12.5 Å². The zero-order valence-electron chi connectivity index (χ0n) is 17.3. The van der Waals surface area contributed by atoms with Gasteiger partial charge >= 0.3 is 0 Å². The highest BCUT2D eigenvalue weighted by molar-refractivity contribution is 5.91. The maximum absolute atomic E-state index is 12.6. The number of fused-ring (bicyclic) bond motifs is 1. The van der Waals surface area contributed by atoms with E-state index in [2.05, 4.69) is 23.0 Å². The first-order valence-electron chi connectivity index (χ1n) is 10.2. The van der Waals surface area contributed by atoms with Gasteiger partial charge in [0.25, 0.3) is 0 Å². The highest BCUT2D eigenvalue weighted by atomic mass is 16.5. The molecule has 4 rings (SSSR count). The lowest BCUT2D eigenvalue weighted by molar-refractivity contribution is -0.125. The molecule has 0 spiro atoms. The monoisotopic (exact) mass is 402 g/mol. The number of likely N-dealkylation sites (N-methyl/N-ethyl adjacent to an activating group) is 2. The molecule has 1 aromatic heterocycles. The van der Waals surface area contributed by atoms with Crippen LogP contribution in [-0.2, 0) is 4.79 Å². The molecule has 154 valence electrons. The number of hydrogen-bond acceptors (Lipinski definition) is 4. The molecule has 2 heterocycles. The molecule has 0 fully saturated rings. The summed E-state index contributed by atoms with van der Waals surface area (Å²) in [6.45, 7) is 4.32. The predicted octanol–water partition coefficient (Wildman–Crippen LogP) is 3.63. The van der Waals surface area contributed by atoms with Crippen LogP contribution in [0.4, 0.5) is 5.69 Å². The third kappa shape index (κ3) is 4.38. The Morgan fingerprint density at radius 1 is 1.20 bits per heavy atom. The summed E-state index contributed by atoms with van der Waals surface area (Å²) in [5, 5.41) is 4.36. The molecule has 1 aliphatic heterocycles. The quantitative estimate of drug-likeness (QED) is 0.591. The van der Waals surface area contributed by atoms with Crippen molar-refractivity contribution in [2.45, 2.75) is 13.0 Å². The Bertz CT molecular complexity index is 1030. The number of para-hydroxylation sites is 3. The Kier molecular flexibility index (Phi) is 5.84. The lowest BCUT2D eigenvalue weighted by Gasteiger charge is -2.37. The van der Waals surface area contributed by atoms with Crippen molar-refractivity contribution >= 4 is 17.7 Å². The normalized spacial score (nSPS) is 15.7. The summed E-state index contributed by atoms with van der Waals surface area (Å²) >= 11 is 0. The molecule has 0 N–H and O–H groups in total. The van der Waals surface area contributed by atoms with E-state index >= 15 is 0 Å². The third-order valence-electron chi connectivity index (χ3n) is 5.20. The minimum atomic E-state index is -0.0666. The lowest BCUT2D eigenvalue weighted by atomic mass is 10.2. The maximum Gasteiger partial charge on any atom is 0.246 e. The van der Waals surface area contributed by atoms with Gasteiger partial charge in [-0.2, -0.15) is 5.10 Å². The van der Waals surface area contributed by atoms with Gasteiger partial charge in [-0.15, -0.1) is 0 Å². The Balaban J connectivity index is 1.37. The topological polar surface area (TPSA) is 50.6 Å². The Morgan fingerprint density at radius 2 is 1.97 bits per heavy atom. The summed E-state index contributed by atoms with van der Waals surface area (Å²) in [4.78, 5) is 16.6. The number of ether oxygens (including phenoxy) is 1. The van der Waals surface area contributed by atoms with Crippen molar-refractivity contribution in [3.05, 3.63) is 78.6 Å². The van der Waals surface area contributed by atoms with E-state index in [1.54, 1.807) is 35.0 Å². The Morgan fingerprint density at radius 3 is 2.77 bits per heavy atom. The van der Waals surface area contributed by atoms with E-state index in [0.29, 0.717) is 6.54 Å². The molecule has 0 saturated carbocycles. The van der Waals surface area contributed by atoms with Crippen LogP contribution in [0.15, 0.2) is 73.1 Å². The molecule has 1 atom stereocenters. The molecule has 6 nitrogen and oxygen atoms in total. The van der Waals surface area contributed by atoms with Gasteiger partial charge in [-0.25, -0.2) is 4.68 Å². The summed E-state index contributed by atoms with van der Waals surface area (Å²) in [7, 11) is 1.81. The van der Waals surface area contributed by atoms with E-state index in [1.165, 1.54) is 0 Å². The van der Waals surface area contributed by atoms with Crippen molar-refractivity contribution in [2.24, 2.45) is 0 Å². The number of benzene rings is 2. The molecule has 0 unspecified atom stereocenters. The molecule has 1 amide bonds. The van der Waals surface area contributed by atoms with E-state index < -0.39 is 0 Å². The summed E-state index contributed by atoms with van der Waals surface area (Å²) in [5.74, 6) is 0.813. The molecule has 0 radical (unpaired) electrons. The first kappa shape index (κ1) is 19.8. The molecule has 3 aromatic rings. The van der Waals surface area contributed by atoms with Crippen LogP contribution in [0.5, 0.6) is 5.75 Å². The van der Waals surface area contributed by atoms with Crippen LogP contribution in [0.3, 0.4) is 0 Å². The van der Waals surface area contributed by atoms with Crippen LogP contribution in [-0.4, -0.2) is 53.4 Å². The summed E-state index contributed by atoms with van der Waals surface area (Å²) < 4.78 is 7.92. The van der Waals surface area contributed by atoms with Gasteiger partial charge in [0.1, 0.15) is 11.9 Å². The fourth-order valence-electron chi connectivity index (χ4n) is 3.61. The van der Waals surface area contributed by atoms with Crippen LogP contribution in [0.25, 0.3) is 11.8 Å². The van der Waals surface area contributed by atoms with Crippen molar-refractivity contribution in [1.29, 1.82) is 0 Å². The van der Waals surface area contributed by atoms with Crippen molar-refractivity contribution in [1.82, 2.24) is 14.7 Å². The van der Waals surface area contributed by atoms with Gasteiger partial charge in [0.15, 0.2) is 0 Å². The molecule has 1 aliphatic rings. The standard InChI is InChI=1S/C24H26N4O2/c1-3-27-18-21(30-23-12-8-7-11-22(23)27)17-26(2)24(29)14-13-19-15-25-28(16-19)20-9-5-4-6-10-20/h4-16,21H,3,17-18H2,1-2H3/b14-13+/t21-/m0/s1. The Hall–Kier alpha value is -3.54. The zero-order chi connectivity index (χ0) is 20.9. The van der Waals surface area contributed by atoms with E-state index in [4.69, 9.17) is 4.74 Å². The maximum atomic E-state index is 12.6. The molecule has 0 saturated heterocycles. The van der Waals surface area contributed by atoms with Gasteiger partial charge in [0.2, 0.25) is 5.91 Å². The van der Waals surface area contributed by atoms with E-state index in [9.17, 15) is 4.79 Å². The van der Waals surface area contributed by atoms with Crippen LogP contribution in [0.2, 0.25) is 0 Å². The van der Waals surface area contributed by atoms with Gasteiger partial charge in [0.05, 0.1) is 30.7 Å². The average molecular weight is 402 g/mol. The van der Waals surface area contributed by atoms with Gasteiger partial charge < -0.3 is 14.5 Å². The van der Waals surface area contributed by atoms with Crippen LogP contribution < -0.4 is 9.64 Å². The number of carbonyl (C=O) groups is 1. The van der Waals surface area contributed by atoms with Crippen molar-refractivity contribution in [2.75, 3.05) is 31.6 Å². The van der Waals surface area contributed by atoms with Gasteiger partial charge in [-0.1, -0.05) is 30.3 Å². The number of hydrogen-bond donors (Lipinski definition) is 0. The third-order valence-corrected chi connectivity index (χ3v) is 5.20. The molecule has 30 heavy (non-hydrogen) atoms. The largest absolute Gasteiger partial charge is 0.485 e. The van der Waals surface area contributed by atoms with E-state index in [1.807, 2.05) is 54.7 Å². The van der Waals surface area contributed by atoms with Crippen LogP contribution >= 0.6 is 0 Å². The van der Waals surface area contributed by atoms with Gasteiger partial charge in [-0.3, -0.25) is 4.79 Å². The SMILES string of the molecule is CCN1C[C@H](CN(C)C(=O)/C=C/c2cnn(-c3ccccc3)c2)Oc2ccccc21. The Labute approximate surface area is 177 Å². The second-order valence-corrected chi connectivity index (χ2v) is 7.35. The lowest BCUT2D eigenvalue weighted by Crippen LogP contribution is -2.46. The molecular weight excluding hydrogens is 376 g/mol. The molecule has 6 heteroatoms. The average Bonchev–Trinajstić information content (AvgIpc) is 3.26. The molecule has 0 bridgehead atoms. The van der Waals surface area contributed by atoms with Crippen molar-refractivity contribution in [3.8, 4) is 11.4 Å². The fraction of sp³-hybridized carbons (Fsp3) is 0.250. The number of nitrogens with zero attached hydrogens (tertiary/aromatic N) is 4. The minimum Gasteiger partial charge on any atom is -0.485 e. The van der Waals surface area contributed by atoms with Gasteiger partial charge in [-0.05, 0) is 37.3 Å². The van der Waals surface area contributed by atoms with E-state index in [0.717, 1.165) is 35.8 Å². The molecule has 0 aliphatic carbocycles. The number of carbonyl (C=O) groups excluding carboxylic acids is 1. The molecule has 2 aromatic carbocycles. The summed E-state index contributed by atoms with van der Waals surface area (Å²) in [5.41, 5.74) is 2.97. The highest BCUT2D eigenvalue weighted by Gasteiger charge is 2.26.